The van der Waals surface area contributed by atoms with Gasteiger partial charge in [-0.05, 0) is 12.5 Å². The maximum atomic E-state index is 10.3. The van der Waals surface area contributed by atoms with Crippen LogP contribution in [0.5, 0.6) is 5.75 Å². The lowest BCUT2D eigenvalue weighted by Crippen LogP contribution is -2.00. The fourth-order valence-electron chi connectivity index (χ4n) is 2.09. The Bertz CT molecular complexity index is 352. The predicted octanol–water partition coefficient (Wildman–Crippen LogP) is 5.08. The summed E-state index contributed by atoms with van der Waals surface area (Å²) in [5, 5.41) is 2.92. The van der Waals surface area contributed by atoms with E-state index >= 15 is 0 Å². The minimum absolute atomic E-state index is 0.188. The Morgan fingerprint density at radius 2 is 1.68 bits per heavy atom. The smallest absolute Gasteiger partial charge is 0.124 e. The van der Waals surface area contributed by atoms with Crippen molar-refractivity contribution in [1.29, 1.82) is 0 Å². The van der Waals surface area contributed by atoms with Gasteiger partial charge in [-0.2, -0.15) is 4.91 Å². The second-order valence-electron chi connectivity index (χ2n) is 4.86. The molecule has 0 radical (unpaired) electrons. The summed E-state index contributed by atoms with van der Waals surface area (Å²) in [6.07, 6.45) is 8.92. The minimum atomic E-state index is 0.188. The largest absolute Gasteiger partial charge is 0.493 e. The van der Waals surface area contributed by atoms with Gasteiger partial charge in [0.15, 0.2) is 0 Å². The zero-order valence-electron chi connectivity index (χ0n) is 11.9. The number of hydrogen-bond acceptors (Lipinski definition) is 3. The van der Waals surface area contributed by atoms with E-state index in [2.05, 4.69) is 12.1 Å². The normalized spacial score (nSPS) is 10.4. The van der Waals surface area contributed by atoms with E-state index in [0.29, 0.717) is 0 Å². The molecule has 0 aliphatic heterocycles. The van der Waals surface area contributed by atoms with Gasteiger partial charge in [-0.1, -0.05) is 68.8 Å². The molecule has 0 spiro atoms. The molecule has 0 amide bonds. The Kier molecular flexibility index (Phi) is 8.69. The highest BCUT2D eigenvalue weighted by Crippen LogP contribution is 2.19. The van der Waals surface area contributed by atoms with Crippen LogP contribution in [-0.2, 0) is 6.54 Å². The van der Waals surface area contributed by atoms with Crippen LogP contribution in [0.25, 0.3) is 0 Å². The Morgan fingerprint density at radius 3 is 2.42 bits per heavy atom. The van der Waals surface area contributed by atoms with E-state index in [1.54, 1.807) is 0 Å². The molecule has 1 aromatic carbocycles. The van der Waals surface area contributed by atoms with Crippen LogP contribution in [-0.4, -0.2) is 6.61 Å². The summed E-state index contributed by atoms with van der Waals surface area (Å²) >= 11 is 0. The van der Waals surface area contributed by atoms with Gasteiger partial charge in [0.1, 0.15) is 12.3 Å². The molecule has 0 atom stereocenters. The molecule has 0 fully saturated rings. The second kappa shape index (κ2) is 10.5. The van der Waals surface area contributed by atoms with Crippen LogP contribution >= 0.6 is 0 Å². The first-order valence-corrected chi connectivity index (χ1v) is 7.38. The van der Waals surface area contributed by atoms with E-state index in [1.807, 2.05) is 24.3 Å². The molecule has 0 aromatic heterocycles. The van der Waals surface area contributed by atoms with Gasteiger partial charge in [-0.25, -0.2) is 0 Å². The van der Waals surface area contributed by atoms with E-state index in [9.17, 15) is 4.91 Å². The van der Waals surface area contributed by atoms with Gasteiger partial charge >= 0.3 is 0 Å². The Labute approximate surface area is 116 Å². The second-order valence-corrected chi connectivity index (χ2v) is 4.86. The topological polar surface area (TPSA) is 38.7 Å². The third-order valence-electron chi connectivity index (χ3n) is 3.21. The van der Waals surface area contributed by atoms with Crippen molar-refractivity contribution >= 4 is 0 Å². The van der Waals surface area contributed by atoms with Crippen molar-refractivity contribution in [2.45, 2.75) is 58.4 Å². The zero-order chi connectivity index (χ0) is 13.8. The molecular weight excluding hydrogens is 238 g/mol. The number of para-hydroxylation sites is 1. The summed E-state index contributed by atoms with van der Waals surface area (Å²) in [4.78, 5) is 10.3. The van der Waals surface area contributed by atoms with E-state index < -0.39 is 0 Å². The molecule has 0 aliphatic rings. The van der Waals surface area contributed by atoms with Gasteiger partial charge in [-0.3, -0.25) is 0 Å². The van der Waals surface area contributed by atoms with Crippen molar-refractivity contribution in [2.24, 2.45) is 5.18 Å². The first-order valence-electron chi connectivity index (χ1n) is 7.38. The van der Waals surface area contributed by atoms with Gasteiger partial charge in [0.25, 0.3) is 0 Å². The molecule has 19 heavy (non-hydrogen) atoms. The van der Waals surface area contributed by atoms with Crippen LogP contribution in [0.4, 0.5) is 0 Å². The Morgan fingerprint density at radius 1 is 1.00 bits per heavy atom. The van der Waals surface area contributed by atoms with Crippen LogP contribution < -0.4 is 4.74 Å². The van der Waals surface area contributed by atoms with Gasteiger partial charge in [0.2, 0.25) is 0 Å². The van der Waals surface area contributed by atoms with Crippen LogP contribution in [0.1, 0.15) is 57.4 Å². The molecule has 0 heterocycles. The number of rotatable bonds is 11. The van der Waals surface area contributed by atoms with Crippen molar-refractivity contribution in [1.82, 2.24) is 0 Å². The number of benzene rings is 1. The average molecular weight is 263 g/mol. The standard InChI is InChI=1S/C16H25NO2/c1-2-3-4-5-6-7-10-13-19-16-12-9-8-11-15(16)14-17-18/h8-9,11-12H,2-7,10,13-14H2,1H3. The molecule has 0 unspecified atom stereocenters. The molecule has 3 nitrogen and oxygen atoms in total. The summed E-state index contributed by atoms with van der Waals surface area (Å²) < 4.78 is 5.72. The lowest BCUT2D eigenvalue weighted by atomic mass is 10.1. The summed E-state index contributed by atoms with van der Waals surface area (Å²) in [6, 6.07) is 7.62. The molecule has 0 N–H and O–H groups in total. The maximum absolute atomic E-state index is 10.3. The Hall–Kier alpha value is -1.38. The highest BCUT2D eigenvalue weighted by atomic mass is 16.5. The van der Waals surface area contributed by atoms with Gasteiger partial charge in [-0.15, -0.1) is 0 Å². The van der Waals surface area contributed by atoms with E-state index in [1.165, 1.54) is 38.5 Å². The molecule has 0 aliphatic carbocycles. The van der Waals surface area contributed by atoms with Gasteiger partial charge in [0.05, 0.1) is 6.61 Å². The zero-order valence-corrected chi connectivity index (χ0v) is 11.9. The van der Waals surface area contributed by atoms with Crippen LogP contribution in [0.15, 0.2) is 29.4 Å². The van der Waals surface area contributed by atoms with Gasteiger partial charge < -0.3 is 4.74 Å². The molecule has 106 valence electrons. The fraction of sp³-hybridized carbons (Fsp3) is 0.625. The van der Waals surface area contributed by atoms with Crippen LogP contribution in [0.3, 0.4) is 0 Å². The van der Waals surface area contributed by atoms with E-state index in [-0.39, 0.29) is 6.54 Å². The number of hydrogen-bond donors (Lipinski definition) is 0. The summed E-state index contributed by atoms with van der Waals surface area (Å²) in [6.45, 7) is 3.15. The number of nitroso groups, excluding NO2 is 1. The van der Waals surface area contributed by atoms with Crippen LogP contribution in [0.2, 0.25) is 0 Å². The molecule has 3 heteroatoms. The Balaban J connectivity index is 2.13. The minimum Gasteiger partial charge on any atom is -0.493 e. The SMILES string of the molecule is CCCCCCCCCOc1ccccc1CN=O. The first kappa shape index (κ1) is 15.7. The van der Waals surface area contributed by atoms with E-state index in [4.69, 9.17) is 4.74 Å². The molecule has 0 bridgehead atoms. The molecule has 1 aromatic rings. The van der Waals surface area contributed by atoms with E-state index in [0.717, 1.165) is 24.3 Å². The lowest BCUT2D eigenvalue weighted by Gasteiger charge is -2.09. The predicted molar refractivity (Wildman–Crippen MR) is 79.4 cm³/mol. The third-order valence-corrected chi connectivity index (χ3v) is 3.21. The highest BCUT2D eigenvalue weighted by molar-refractivity contribution is 5.33. The maximum Gasteiger partial charge on any atom is 0.124 e. The number of nitrogens with zero attached hydrogens (tertiary/aromatic N) is 1. The van der Waals surface area contributed by atoms with Crippen molar-refractivity contribution in [3.05, 3.63) is 34.7 Å². The van der Waals surface area contributed by atoms with Crippen molar-refractivity contribution < 1.29 is 4.74 Å². The van der Waals surface area contributed by atoms with Crippen molar-refractivity contribution in [3.8, 4) is 5.75 Å². The highest BCUT2D eigenvalue weighted by Gasteiger charge is 2.02. The average Bonchev–Trinajstić information content (AvgIpc) is 2.44. The number of unbranched alkanes of at least 4 members (excludes halogenated alkanes) is 6. The first-order chi connectivity index (χ1) is 9.38. The summed E-state index contributed by atoms with van der Waals surface area (Å²) in [5.74, 6) is 0.799. The fourth-order valence-corrected chi connectivity index (χ4v) is 2.09. The van der Waals surface area contributed by atoms with Crippen LogP contribution in [0, 0.1) is 4.91 Å². The third kappa shape index (κ3) is 6.94. The molecule has 0 saturated heterocycles. The van der Waals surface area contributed by atoms with Gasteiger partial charge in [0, 0.05) is 5.56 Å². The van der Waals surface area contributed by atoms with Crippen molar-refractivity contribution in [3.63, 3.8) is 0 Å². The quantitative estimate of drug-likeness (QED) is 0.412. The number of ether oxygens (including phenoxy) is 1. The summed E-state index contributed by atoms with van der Waals surface area (Å²) in [7, 11) is 0. The molecule has 1 rings (SSSR count). The molecular formula is C16H25NO2. The molecule has 0 saturated carbocycles. The van der Waals surface area contributed by atoms with Crippen molar-refractivity contribution in [2.75, 3.05) is 6.61 Å². The lowest BCUT2D eigenvalue weighted by molar-refractivity contribution is 0.301. The monoisotopic (exact) mass is 263 g/mol. The summed E-state index contributed by atoms with van der Waals surface area (Å²) in [5.41, 5.74) is 0.875.